The summed E-state index contributed by atoms with van der Waals surface area (Å²) in [5, 5.41) is 3.45. The zero-order valence-corrected chi connectivity index (χ0v) is 14.0. The molecule has 0 radical (unpaired) electrons. The largest absolute Gasteiger partial charge is 0.477 e. The Morgan fingerprint density at radius 2 is 1.90 bits per heavy atom. The second kappa shape index (κ2) is 11.6. The van der Waals surface area contributed by atoms with Crippen molar-refractivity contribution in [2.45, 2.75) is 65.8 Å². The molecule has 1 rings (SSSR count). The van der Waals surface area contributed by atoms with E-state index in [1.54, 1.807) is 0 Å². The summed E-state index contributed by atoms with van der Waals surface area (Å²) in [5.74, 6) is 1.46. The van der Waals surface area contributed by atoms with Crippen LogP contribution in [0.5, 0.6) is 5.88 Å². The minimum absolute atomic E-state index is 0.661. The van der Waals surface area contributed by atoms with Crippen molar-refractivity contribution in [2.75, 3.05) is 13.2 Å². The van der Waals surface area contributed by atoms with Gasteiger partial charge in [-0.25, -0.2) is 4.98 Å². The first kappa shape index (κ1) is 18.0. The summed E-state index contributed by atoms with van der Waals surface area (Å²) in [7, 11) is 0. The van der Waals surface area contributed by atoms with Gasteiger partial charge in [0.2, 0.25) is 5.88 Å². The van der Waals surface area contributed by atoms with Crippen molar-refractivity contribution in [2.24, 2.45) is 5.92 Å². The molecule has 120 valence electrons. The molecule has 0 spiro atoms. The van der Waals surface area contributed by atoms with E-state index in [1.807, 2.05) is 12.3 Å². The molecule has 3 heteroatoms. The third-order valence-electron chi connectivity index (χ3n) is 3.45. The van der Waals surface area contributed by atoms with Crippen molar-refractivity contribution in [3.05, 3.63) is 23.9 Å². The normalized spacial score (nSPS) is 11.0. The number of nitrogens with zero attached hydrogens (tertiary/aromatic N) is 1. The molecule has 0 aromatic carbocycles. The van der Waals surface area contributed by atoms with Crippen LogP contribution in [-0.4, -0.2) is 18.1 Å². The minimum atomic E-state index is 0.661. The van der Waals surface area contributed by atoms with E-state index in [1.165, 1.54) is 32.1 Å². The topological polar surface area (TPSA) is 34.1 Å². The summed E-state index contributed by atoms with van der Waals surface area (Å²) < 4.78 is 5.85. The summed E-state index contributed by atoms with van der Waals surface area (Å²) in [4.78, 5) is 4.36. The van der Waals surface area contributed by atoms with Crippen molar-refractivity contribution in [1.29, 1.82) is 0 Å². The number of unbranched alkanes of at least 4 members (excludes halogenated alkanes) is 5. The molecule has 21 heavy (non-hydrogen) atoms. The number of hydrogen-bond donors (Lipinski definition) is 1. The van der Waals surface area contributed by atoms with E-state index < -0.39 is 0 Å². The van der Waals surface area contributed by atoms with Crippen LogP contribution in [-0.2, 0) is 6.54 Å². The summed E-state index contributed by atoms with van der Waals surface area (Å²) in [5.41, 5.74) is 1.16. The molecule has 1 aromatic rings. The average molecular weight is 292 g/mol. The van der Waals surface area contributed by atoms with Gasteiger partial charge in [0.1, 0.15) is 0 Å². The first-order valence-corrected chi connectivity index (χ1v) is 8.51. The molecule has 1 aromatic heterocycles. The van der Waals surface area contributed by atoms with Crippen LogP contribution in [0.1, 0.15) is 64.9 Å². The molecular formula is C18H32N2O. The quantitative estimate of drug-likeness (QED) is 0.573. The zero-order chi connectivity index (χ0) is 15.3. The highest BCUT2D eigenvalue weighted by Crippen LogP contribution is 2.15. The van der Waals surface area contributed by atoms with Crippen LogP contribution < -0.4 is 10.1 Å². The Morgan fingerprint density at radius 1 is 1.14 bits per heavy atom. The smallest absolute Gasteiger partial charge is 0.217 e. The lowest BCUT2D eigenvalue weighted by molar-refractivity contribution is 0.289. The molecule has 0 bridgehead atoms. The molecule has 0 aliphatic heterocycles. The third kappa shape index (κ3) is 8.71. The van der Waals surface area contributed by atoms with E-state index in [-0.39, 0.29) is 0 Å². The van der Waals surface area contributed by atoms with Crippen molar-refractivity contribution in [3.63, 3.8) is 0 Å². The van der Waals surface area contributed by atoms with Crippen LogP contribution in [0.4, 0.5) is 0 Å². The summed E-state index contributed by atoms with van der Waals surface area (Å²) in [6.07, 6.45) is 9.52. The average Bonchev–Trinajstić information content (AvgIpc) is 2.47. The minimum Gasteiger partial charge on any atom is -0.477 e. The Balaban J connectivity index is 2.24. The predicted molar refractivity (Wildman–Crippen MR) is 89.7 cm³/mol. The number of rotatable bonds is 12. The van der Waals surface area contributed by atoms with Crippen LogP contribution in [0.25, 0.3) is 0 Å². The predicted octanol–water partition coefficient (Wildman–Crippen LogP) is 4.57. The Kier molecular flexibility index (Phi) is 9.88. The van der Waals surface area contributed by atoms with Gasteiger partial charge in [-0.1, -0.05) is 58.9 Å². The Labute approximate surface area is 130 Å². The number of nitrogens with one attached hydrogen (secondary N) is 1. The number of ether oxygens (including phenoxy) is 1. The van der Waals surface area contributed by atoms with Crippen LogP contribution in [0, 0.1) is 5.92 Å². The van der Waals surface area contributed by atoms with Crippen molar-refractivity contribution in [3.8, 4) is 5.88 Å². The fourth-order valence-corrected chi connectivity index (χ4v) is 2.24. The molecule has 0 saturated heterocycles. The van der Waals surface area contributed by atoms with Gasteiger partial charge in [0.15, 0.2) is 0 Å². The molecule has 0 unspecified atom stereocenters. The number of aromatic nitrogens is 1. The maximum atomic E-state index is 5.85. The summed E-state index contributed by atoms with van der Waals surface area (Å²) in [6.45, 7) is 9.31. The van der Waals surface area contributed by atoms with Crippen LogP contribution in [0.2, 0.25) is 0 Å². The highest BCUT2D eigenvalue weighted by atomic mass is 16.5. The Morgan fingerprint density at radius 3 is 2.67 bits per heavy atom. The highest BCUT2D eigenvalue weighted by molar-refractivity contribution is 5.25. The van der Waals surface area contributed by atoms with E-state index in [2.05, 4.69) is 37.1 Å². The van der Waals surface area contributed by atoms with E-state index in [4.69, 9.17) is 4.74 Å². The van der Waals surface area contributed by atoms with Gasteiger partial charge in [-0.2, -0.15) is 0 Å². The molecule has 1 N–H and O–H groups in total. The Bertz CT molecular complexity index is 366. The van der Waals surface area contributed by atoms with Crippen LogP contribution in [0.3, 0.4) is 0 Å². The zero-order valence-electron chi connectivity index (χ0n) is 14.0. The second-order valence-corrected chi connectivity index (χ2v) is 6.11. The maximum Gasteiger partial charge on any atom is 0.217 e. The fourth-order valence-electron chi connectivity index (χ4n) is 2.24. The van der Waals surface area contributed by atoms with Crippen LogP contribution in [0.15, 0.2) is 18.3 Å². The van der Waals surface area contributed by atoms with Gasteiger partial charge in [0.05, 0.1) is 6.61 Å². The SMILES string of the molecule is CCCCCCCCOc1ncccc1CNCC(C)C. The standard InChI is InChI=1S/C18H32N2O/c1-4-5-6-7-8-9-13-21-18-17(11-10-12-20-18)15-19-14-16(2)3/h10-12,16,19H,4-9,13-15H2,1-3H3. The first-order chi connectivity index (χ1) is 10.2. The molecule has 3 nitrogen and oxygen atoms in total. The van der Waals surface area contributed by atoms with Gasteiger partial charge in [-0.15, -0.1) is 0 Å². The van der Waals surface area contributed by atoms with E-state index >= 15 is 0 Å². The Hall–Kier alpha value is -1.09. The van der Waals surface area contributed by atoms with Gasteiger partial charge < -0.3 is 10.1 Å². The third-order valence-corrected chi connectivity index (χ3v) is 3.45. The van der Waals surface area contributed by atoms with Gasteiger partial charge in [-0.05, 0) is 24.9 Å². The second-order valence-electron chi connectivity index (χ2n) is 6.11. The molecule has 0 amide bonds. The number of hydrogen-bond acceptors (Lipinski definition) is 3. The fraction of sp³-hybridized carbons (Fsp3) is 0.722. The van der Waals surface area contributed by atoms with E-state index in [0.29, 0.717) is 5.92 Å². The number of pyridine rings is 1. The van der Waals surface area contributed by atoms with E-state index in [9.17, 15) is 0 Å². The molecule has 0 fully saturated rings. The lowest BCUT2D eigenvalue weighted by Crippen LogP contribution is -2.19. The van der Waals surface area contributed by atoms with E-state index in [0.717, 1.165) is 37.6 Å². The van der Waals surface area contributed by atoms with Crippen molar-refractivity contribution >= 4 is 0 Å². The lowest BCUT2D eigenvalue weighted by atomic mass is 10.1. The highest BCUT2D eigenvalue weighted by Gasteiger charge is 2.04. The molecular weight excluding hydrogens is 260 g/mol. The van der Waals surface area contributed by atoms with Gasteiger partial charge in [0.25, 0.3) is 0 Å². The molecule has 0 atom stereocenters. The van der Waals surface area contributed by atoms with Crippen LogP contribution >= 0.6 is 0 Å². The summed E-state index contributed by atoms with van der Waals surface area (Å²) in [6, 6.07) is 4.07. The van der Waals surface area contributed by atoms with Gasteiger partial charge in [0, 0.05) is 18.3 Å². The van der Waals surface area contributed by atoms with Gasteiger partial charge in [-0.3, -0.25) is 0 Å². The monoisotopic (exact) mass is 292 g/mol. The molecule has 0 aliphatic carbocycles. The molecule has 1 heterocycles. The lowest BCUT2D eigenvalue weighted by Gasteiger charge is -2.12. The van der Waals surface area contributed by atoms with Crippen molar-refractivity contribution < 1.29 is 4.74 Å². The van der Waals surface area contributed by atoms with Crippen molar-refractivity contribution in [1.82, 2.24) is 10.3 Å². The first-order valence-electron chi connectivity index (χ1n) is 8.51. The molecule has 0 saturated carbocycles. The van der Waals surface area contributed by atoms with Gasteiger partial charge >= 0.3 is 0 Å². The molecule has 0 aliphatic rings. The summed E-state index contributed by atoms with van der Waals surface area (Å²) >= 11 is 0. The maximum absolute atomic E-state index is 5.85.